The van der Waals surface area contributed by atoms with Gasteiger partial charge in [0.15, 0.2) is 5.78 Å². The smallest absolute Gasteiger partial charge is 0.169 e. The summed E-state index contributed by atoms with van der Waals surface area (Å²) >= 11 is 0. The Kier molecular flexibility index (Phi) is 3.10. The van der Waals surface area contributed by atoms with Crippen molar-refractivity contribution in [2.75, 3.05) is 12.8 Å². The molecule has 20 heavy (non-hydrogen) atoms. The van der Waals surface area contributed by atoms with Gasteiger partial charge in [0.25, 0.3) is 0 Å². The van der Waals surface area contributed by atoms with Crippen molar-refractivity contribution in [2.24, 2.45) is 0 Å². The Morgan fingerprint density at radius 2 is 1.95 bits per heavy atom. The zero-order valence-electron chi connectivity index (χ0n) is 11.2. The Hall–Kier alpha value is -2.43. The summed E-state index contributed by atoms with van der Waals surface area (Å²) in [6.45, 7) is 0. The van der Waals surface area contributed by atoms with Gasteiger partial charge in [-0.2, -0.15) is 0 Å². The van der Waals surface area contributed by atoms with E-state index in [0.29, 0.717) is 18.4 Å². The molecule has 0 fully saturated rings. The van der Waals surface area contributed by atoms with Gasteiger partial charge >= 0.3 is 0 Å². The average molecular weight is 269 g/mol. The molecule has 2 aromatic rings. The number of nitrogen functional groups attached to an aromatic ring is 1. The lowest BCUT2D eigenvalue weighted by molar-refractivity contribution is 0.0963. The molecule has 2 N–H and O–H groups in total. The molecule has 0 saturated heterocycles. The number of carbonyl (C=O) groups excluding carboxylic acids is 1. The van der Waals surface area contributed by atoms with Crippen molar-refractivity contribution < 1.29 is 9.53 Å². The molecule has 0 aliphatic heterocycles. The number of anilines is 1. The van der Waals surface area contributed by atoms with Gasteiger partial charge in [-0.25, -0.2) is 9.97 Å². The molecule has 102 valence electrons. The van der Waals surface area contributed by atoms with Crippen molar-refractivity contribution in [2.45, 2.75) is 18.8 Å². The van der Waals surface area contributed by atoms with Crippen molar-refractivity contribution in [3.8, 4) is 5.75 Å². The molecule has 1 aliphatic rings. The molecule has 1 aliphatic carbocycles. The number of ether oxygens (including phenoxy) is 1. The fraction of sp³-hybridized carbons (Fsp3) is 0.267. The fourth-order valence-electron chi connectivity index (χ4n) is 2.64. The summed E-state index contributed by atoms with van der Waals surface area (Å²) in [6, 6.07) is 7.80. The molecule has 3 rings (SSSR count). The first kappa shape index (κ1) is 12.6. The first-order chi connectivity index (χ1) is 9.69. The van der Waals surface area contributed by atoms with Crippen LogP contribution in [-0.2, 0) is 6.42 Å². The second kappa shape index (κ2) is 4.92. The molecule has 1 aromatic carbocycles. The van der Waals surface area contributed by atoms with Crippen LogP contribution in [0, 0.1) is 0 Å². The number of hydrogen-bond acceptors (Lipinski definition) is 5. The molecular weight excluding hydrogens is 254 g/mol. The number of rotatable bonds is 2. The van der Waals surface area contributed by atoms with E-state index in [-0.39, 0.29) is 17.5 Å². The molecule has 1 aromatic heterocycles. The zero-order valence-corrected chi connectivity index (χ0v) is 11.2. The number of carbonyl (C=O) groups is 1. The average Bonchev–Trinajstić information content (AvgIpc) is 2.47. The van der Waals surface area contributed by atoms with Crippen molar-refractivity contribution in [1.82, 2.24) is 9.97 Å². The Bertz CT molecular complexity index is 653. The van der Waals surface area contributed by atoms with Crippen LogP contribution in [0.3, 0.4) is 0 Å². The van der Waals surface area contributed by atoms with E-state index in [4.69, 9.17) is 10.5 Å². The van der Waals surface area contributed by atoms with Crippen LogP contribution in [0.25, 0.3) is 0 Å². The lowest BCUT2D eigenvalue weighted by atomic mass is 9.82. The first-order valence-electron chi connectivity index (χ1n) is 6.45. The van der Waals surface area contributed by atoms with Gasteiger partial charge in [-0.3, -0.25) is 4.79 Å². The monoisotopic (exact) mass is 269 g/mol. The molecule has 5 heteroatoms. The quantitative estimate of drug-likeness (QED) is 0.902. The number of benzene rings is 1. The number of nitrogens with zero attached hydrogens (tertiary/aromatic N) is 2. The molecule has 1 heterocycles. The largest absolute Gasteiger partial charge is 0.497 e. The van der Waals surface area contributed by atoms with Gasteiger partial charge in [0, 0.05) is 6.42 Å². The van der Waals surface area contributed by atoms with Crippen molar-refractivity contribution in [3.63, 3.8) is 0 Å². The third-order valence-corrected chi connectivity index (χ3v) is 3.69. The lowest BCUT2D eigenvalue weighted by Gasteiger charge is -2.23. The second-order valence-electron chi connectivity index (χ2n) is 4.88. The number of fused-ring (bicyclic) bond motifs is 1. The lowest BCUT2D eigenvalue weighted by Crippen LogP contribution is -2.22. The SMILES string of the molecule is COc1ccc([C@H]2CC(=O)c3c(N)ncnc3C2)cc1. The summed E-state index contributed by atoms with van der Waals surface area (Å²) in [6.07, 6.45) is 2.56. The van der Waals surface area contributed by atoms with Crippen molar-refractivity contribution in [3.05, 3.63) is 47.4 Å². The Morgan fingerprint density at radius 1 is 1.20 bits per heavy atom. The number of nitrogens with two attached hydrogens (primary N) is 1. The summed E-state index contributed by atoms with van der Waals surface area (Å²) in [7, 11) is 1.63. The normalized spacial score (nSPS) is 17.6. The van der Waals surface area contributed by atoms with Crippen LogP contribution in [0.5, 0.6) is 5.75 Å². The minimum Gasteiger partial charge on any atom is -0.497 e. The van der Waals surface area contributed by atoms with Gasteiger partial charge in [-0.15, -0.1) is 0 Å². The van der Waals surface area contributed by atoms with E-state index in [9.17, 15) is 4.79 Å². The topological polar surface area (TPSA) is 78.1 Å². The van der Waals surface area contributed by atoms with Crippen LogP contribution in [0.1, 0.15) is 34.0 Å². The summed E-state index contributed by atoms with van der Waals surface area (Å²) in [5.74, 6) is 1.25. The summed E-state index contributed by atoms with van der Waals surface area (Å²) in [5.41, 5.74) is 8.12. The second-order valence-corrected chi connectivity index (χ2v) is 4.88. The van der Waals surface area contributed by atoms with Gasteiger partial charge < -0.3 is 10.5 Å². The third kappa shape index (κ3) is 2.11. The number of ketones is 1. The van der Waals surface area contributed by atoms with Crippen LogP contribution in [0.4, 0.5) is 5.82 Å². The number of aromatic nitrogens is 2. The first-order valence-corrected chi connectivity index (χ1v) is 6.45. The van der Waals surface area contributed by atoms with Gasteiger partial charge in [-0.1, -0.05) is 12.1 Å². The summed E-state index contributed by atoms with van der Waals surface area (Å²) < 4.78 is 5.15. The van der Waals surface area contributed by atoms with E-state index in [1.807, 2.05) is 24.3 Å². The third-order valence-electron chi connectivity index (χ3n) is 3.69. The van der Waals surface area contributed by atoms with Gasteiger partial charge in [0.2, 0.25) is 0 Å². The van der Waals surface area contributed by atoms with E-state index in [0.717, 1.165) is 17.0 Å². The van der Waals surface area contributed by atoms with E-state index in [1.165, 1.54) is 6.33 Å². The molecular formula is C15H15N3O2. The molecule has 0 radical (unpaired) electrons. The zero-order chi connectivity index (χ0) is 14.1. The Balaban J connectivity index is 1.93. The van der Waals surface area contributed by atoms with Crippen LogP contribution in [0.2, 0.25) is 0 Å². The van der Waals surface area contributed by atoms with E-state index < -0.39 is 0 Å². The highest BCUT2D eigenvalue weighted by Crippen LogP contribution is 2.33. The van der Waals surface area contributed by atoms with Gasteiger partial charge in [-0.05, 0) is 30.0 Å². The van der Waals surface area contributed by atoms with E-state index >= 15 is 0 Å². The molecule has 0 bridgehead atoms. The Labute approximate surface area is 116 Å². The molecule has 0 amide bonds. The van der Waals surface area contributed by atoms with Crippen molar-refractivity contribution in [1.29, 1.82) is 0 Å². The van der Waals surface area contributed by atoms with Gasteiger partial charge in [0.05, 0.1) is 18.4 Å². The van der Waals surface area contributed by atoms with E-state index in [1.54, 1.807) is 7.11 Å². The molecule has 0 unspecified atom stereocenters. The predicted octanol–water partition coefficient (Wildman–Crippen LogP) is 1.98. The Morgan fingerprint density at radius 3 is 2.65 bits per heavy atom. The van der Waals surface area contributed by atoms with Crippen LogP contribution in [0.15, 0.2) is 30.6 Å². The number of hydrogen-bond donors (Lipinski definition) is 1. The summed E-state index contributed by atoms with van der Waals surface area (Å²) in [5, 5.41) is 0. The molecule has 5 nitrogen and oxygen atoms in total. The molecule has 1 atom stereocenters. The maximum Gasteiger partial charge on any atom is 0.169 e. The number of Topliss-reactive ketones (excluding diaryl/α,β-unsaturated/α-hetero) is 1. The van der Waals surface area contributed by atoms with E-state index in [2.05, 4.69) is 9.97 Å². The summed E-state index contributed by atoms with van der Waals surface area (Å²) in [4.78, 5) is 20.3. The van der Waals surface area contributed by atoms with Crippen LogP contribution in [-0.4, -0.2) is 22.9 Å². The number of methoxy groups -OCH3 is 1. The van der Waals surface area contributed by atoms with Crippen molar-refractivity contribution >= 4 is 11.6 Å². The standard InChI is InChI=1S/C15H15N3O2/c1-20-11-4-2-9(3-5-11)10-6-12-14(13(19)7-10)15(16)18-8-17-12/h2-5,8,10H,6-7H2,1H3,(H2,16,17,18)/t10-/m1/s1. The van der Waals surface area contributed by atoms with Gasteiger partial charge in [0.1, 0.15) is 17.9 Å². The van der Waals surface area contributed by atoms with Crippen LogP contribution < -0.4 is 10.5 Å². The fourth-order valence-corrected chi connectivity index (χ4v) is 2.64. The predicted molar refractivity (Wildman–Crippen MR) is 74.8 cm³/mol. The highest BCUT2D eigenvalue weighted by Gasteiger charge is 2.29. The molecule has 0 spiro atoms. The highest BCUT2D eigenvalue weighted by atomic mass is 16.5. The maximum atomic E-state index is 12.2. The molecule has 0 saturated carbocycles. The van der Waals surface area contributed by atoms with Crippen LogP contribution >= 0.6 is 0 Å². The minimum atomic E-state index is 0.0187. The highest BCUT2D eigenvalue weighted by molar-refractivity contribution is 6.02. The maximum absolute atomic E-state index is 12.2. The minimum absolute atomic E-state index is 0.0187.